The van der Waals surface area contributed by atoms with E-state index in [1.165, 1.54) is 0 Å². The summed E-state index contributed by atoms with van der Waals surface area (Å²) >= 11 is 0. The van der Waals surface area contributed by atoms with E-state index in [0.29, 0.717) is 6.61 Å². The van der Waals surface area contributed by atoms with Crippen molar-refractivity contribution < 1.29 is 9.53 Å². The number of benzene rings is 1. The minimum atomic E-state index is -0.606. The van der Waals surface area contributed by atoms with Gasteiger partial charge in [0.1, 0.15) is 0 Å². The van der Waals surface area contributed by atoms with Crippen molar-refractivity contribution in [1.29, 1.82) is 0 Å². The first-order chi connectivity index (χ1) is 6.33. The second-order valence-corrected chi connectivity index (χ2v) is 3.40. The molecule has 0 bridgehead atoms. The van der Waals surface area contributed by atoms with E-state index >= 15 is 0 Å². The highest BCUT2D eigenvalue weighted by Crippen LogP contribution is 2.44. The highest BCUT2D eigenvalue weighted by atomic mass is 16.6. The number of ether oxygens (including phenoxy) is 1. The molecule has 2 heteroatoms. The molecule has 13 heavy (non-hydrogen) atoms. The first kappa shape index (κ1) is 7.04. The SMILES string of the molecule is O=C1C=Cc2ccccc2C12CO2. The summed E-state index contributed by atoms with van der Waals surface area (Å²) in [5.41, 5.74) is 1.51. The van der Waals surface area contributed by atoms with Gasteiger partial charge >= 0.3 is 0 Å². The van der Waals surface area contributed by atoms with Crippen LogP contribution in [0.4, 0.5) is 0 Å². The molecule has 1 aliphatic carbocycles. The highest BCUT2D eigenvalue weighted by Gasteiger charge is 2.54. The van der Waals surface area contributed by atoms with Gasteiger partial charge in [0.2, 0.25) is 0 Å². The number of carbonyl (C=O) groups is 1. The average molecular weight is 172 g/mol. The molecule has 64 valence electrons. The second-order valence-electron chi connectivity index (χ2n) is 3.40. The monoisotopic (exact) mass is 172 g/mol. The maximum Gasteiger partial charge on any atom is 0.194 e. The van der Waals surface area contributed by atoms with E-state index in [1.807, 2.05) is 30.3 Å². The fourth-order valence-corrected chi connectivity index (χ4v) is 1.81. The van der Waals surface area contributed by atoms with Crippen LogP contribution in [0.25, 0.3) is 6.08 Å². The Hall–Kier alpha value is -1.41. The molecule has 2 aliphatic rings. The van der Waals surface area contributed by atoms with Crippen LogP contribution in [0.2, 0.25) is 0 Å². The van der Waals surface area contributed by atoms with Crippen molar-refractivity contribution in [3.8, 4) is 0 Å². The quantitative estimate of drug-likeness (QED) is 0.555. The Bertz CT molecular complexity index is 414. The van der Waals surface area contributed by atoms with Gasteiger partial charge in [-0.15, -0.1) is 0 Å². The Kier molecular flexibility index (Phi) is 1.13. The number of ketones is 1. The summed E-state index contributed by atoms with van der Waals surface area (Å²) in [6, 6.07) is 7.87. The van der Waals surface area contributed by atoms with Crippen LogP contribution in [0.15, 0.2) is 30.3 Å². The van der Waals surface area contributed by atoms with Crippen LogP contribution in [0.3, 0.4) is 0 Å². The standard InChI is InChI=1S/C11H8O2/c12-10-6-5-8-3-1-2-4-9(8)11(10)7-13-11/h1-6H,7H2. The topological polar surface area (TPSA) is 29.6 Å². The summed E-state index contributed by atoms with van der Waals surface area (Å²) in [6.07, 6.45) is 3.46. The van der Waals surface area contributed by atoms with Gasteiger partial charge in [-0.2, -0.15) is 0 Å². The molecule has 1 unspecified atom stereocenters. The van der Waals surface area contributed by atoms with Gasteiger partial charge in [-0.3, -0.25) is 4.79 Å². The van der Waals surface area contributed by atoms with E-state index in [2.05, 4.69) is 0 Å². The molecule has 1 atom stereocenters. The minimum Gasteiger partial charge on any atom is -0.356 e. The van der Waals surface area contributed by atoms with Gasteiger partial charge in [0.25, 0.3) is 0 Å². The Balaban J connectivity index is 2.28. The Labute approximate surface area is 75.8 Å². The fourth-order valence-electron chi connectivity index (χ4n) is 1.81. The summed E-state index contributed by atoms with van der Waals surface area (Å²) in [5, 5.41) is 0. The molecule has 1 saturated heterocycles. The van der Waals surface area contributed by atoms with Crippen molar-refractivity contribution in [2.24, 2.45) is 0 Å². The van der Waals surface area contributed by atoms with E-state index in [4.69, 9.17) is 4.74 Å². The molecule has 1 aromatic rings. The molecule has 0 amide bonds. The van der Waals surface area contributed by atoms with Crippen molar-refractivity contribution in [3.63, 3.8) is 0 Å². The van der Waals surface area contributed by atoms with Gasteiger partial charge in [0.15, 0.2) is 11.4 Å². The zero-order valence-electron chi connectivity index (χ0n) is 6.99. The van der Waals surface area contributed by atoms with Crippen LogP contribution in [0.1, 0.15) is 11.1 Å². The van der Waals surface area contributed by atoms with E-state index in [0.717, 1.165) is 11.1 Å². The molecule has 1 aromatic carbocycles. The number of rotatable bonds is 0. The second kappa shape index (κ2) is 2.09. The van der Waals surface area contributed by atoms with Crippen LogP contribution >= 0.6 is 0 Å². The van der Waals surface area contributed by atoms with E-state index in [1.54, 1.807) is 6.08 Å². The van der Waals surface area contributed by atoms with Crippen molar-refractivity contribution >= 4 is 11.9 Å². The number of hydrogen-bond donors (Lipinski definition) is 0. The molecule has 2 nitrogen and oxygen atoms in total. The van der Waals surface area contributed by atoms with E-state index < -0.39 is 5.60 Å². The zero-order valence-corrected chi connectivity index (χ0v) is 6.99. The molecule has 1 fully saturated rings. The molecule has 3 rings (SSSR count). The maximum absolute atomic E-state index is 11.5. The van der Waals surface area contributed by atoms with Crippen LogP contribution < -0.4 is 0 Å². The van der Waals surface area contributed by atoms with Gasteiger partial charge in [0.05, 0.1) is 6.61 Å². The highest BCUT2D eigenvalue weighted by molar-refractivity contribution is 6.05. The average Bonchev–Trinajstić information content (AvgIpc) is 2.94. The number of fused-ring (bicyclic) bond motifs is 2. The molecule has 0 radical (unpaired) electrons. The lowest BCUT2D eigenvalue weighted by Crippen LogP contribution is -2.23. The van der Waals surface area contributed by atoms with Gasteiger partial charge in [-0.05, 0) is 11.6 Å². The van der Waals surface area contributed by atoms with Crippen LogP contribution in [0.5, 0.6) is 0 Å². The maximum atomic E-state index is 11.5. The van der Waals surface area contributed by atoms with Crippen LogP contribution in [-0.2, 0) is 15.1 Å². The van der Waals surface area contributed by atoms with Crippen LogP contribution in [-0.4, -0.2) is 12.4 Å². The van der Waals surface area contributed by atoms with Crippen molar-refractivity contribution in [3.05, 3.63) is 41.5 Å². The summed E-state index contributed by atoms with van der Waals surface area (Å²) in [5.74, 6) is 0.0752. The molecule has 0 aromatic heterocycles. The summed E-state index contributed by atoms with van der Waals surface area (Å²) in [4.78, 5) is 11.5. The normalized spacial score (nSPS) is 29.1. The molecular formula is C11H8O2. The lowest BCUT2D eigenvalue weighted by molar-refractivity contribution is -0.119. The predicted molar refractivity (Wildman–Crippen MR) is 48.1 cm³/mol. The fraction of sp³-hybridized carbons (Fsp3) is 0.182. The van der Waals surface area contributed by atoms with Gasteiger partial charge in [0, 0.05) is 5.56 Å². The molecule has 0 N–H and O–H groups in total. The van der Waals surface area contributed by atoms with E-state index in [9.17, 15) is 4.79 Å². The summed E-state index contributed by atoms with van der Waals surface area (Å²) < 4.78 is 5.27. The van der Waals surface area contributed by atoms with Crippen molar-refractivity contribution in [2.75, 3.05) is 6.61 Å². The Morgan fingerprint density at radius 3 is 2.77 bits per heavy atom. The predicted octanol–water partition coefficient (Wildman–Crippen LogP) is 1.51. The smallest absolute Gasteiger partial charge is 0.194 e. The third kappa shape index (κ3) is 0.783. The third-order valence-electron chi connectivity index (χ3n) is 2.64. The Morgan fingerprint density at radius 2 is 2.00 bits per heavy atom. The van der Waals surface area contributed by atoms with Gasteiger partial charge < -0.3 is 4.74 Å². The third-order valence-corrected chi connectivity index (χ3v) is 2.64. The number of carbonyl (C=O) groups excluding carboxylic acids is 1. The minimum absolute atomic E-state index is 0.0752. The number of hydrogen-bond acceptors (Lipinski definition) is 2. The lowest BCUT2D eigenvalue weighted by atomic mass is 9.86. The van der Waals surface area contributed by atoms with Gasteiger partial charge in [-0.25, -0.2) is 0 Å². The van der Waals surface area contributed by atoms with Crippen LogP contribution in [0, 0.1) is 0 Å². The molecule has 1 spiro atoms. The molecule has 1 heterocycles. The number of epoxide rings is 1. The van der Waals surface area contributed by atoms with Crippen molar-refractivity contribution in [2.45, 2.75) is 5.60 Å². The first-order valence-corrected chi connectivity index (χ1v) is 4.29. The van der Waals surface area contributed by atoms with Crippen molar-refractivity contribution in [1.82, 2.24) is 0 Å². The van der Waals surface area contributed by atoms with Gasteiger partial charge in [-0.1, -0.05) is 30.3 Å². The molecule has 1 aliphatic heterocycles. The molecular weight excluding hydrogens is 164 g/mol. The largest absolute Gasteiger partial charge is 0.356 e. The zero-order chi connectivity index (χ0) is 8.89. The first-order valence-electron chi connectivity index (χ1n) is 4.29. The molecule has 0 saturated carbocycles. The lowest BCUT2D eigenvalue weighted by Gasteiger charge is -2.15. The van der Waals surface area contributed by atoms with E-state index in [-0.39, 0.29) is 5.78 Å². The summed E-state index contributed by atoms with van der Waals surface area (Å²) in [6.45, 7) is 0.535. The Morgan fingerprint density at radius 1 is 1.23 bits per heavy atom. The summed E-state index contributed by atoms with van der Waals surface area (Å²) in [7, 11) is 0.